The first-order valence-electron chi connectivity index (χ1n) is 10.8. The van der Waals surface area contributed by atoms with Gasteiger partial charge in [0.2, 0.25) is 11.1 Å². The molecule has 1 aromatic rings. The number of aromatic nitrogens is 2. The van der Waals surface area contributed by atoms with Crippen LogP contribution in [0.1, 0.15) is 51.4 Å². The van der Waals surface area contributed by atoms with Crippen molar-refractivity contribution in [3.05, 3.63) is 0 Å². The van der Waals surface area contributed by atoms with Gasteiger partial charge in [-0.05, 0) is 37.0 Å². The van der Waals surface area contributed by atoms with Crippen LogP contribution < -0.4 is 10.2 Å². The van der Waals surface area contributed by atoms with Gasteiger partial charge in [-0.3, -0.25) is 0 Å². The Kier molecular flexibility index (Phi) is 6.40. The average Bonchev–Trinajstić information content (AvgIpc) is 3.41. The normalized spacial score (nSPS) is 36.7. The van der Waals surface area contributed by atoms with Crippen LogP contribution in [-0.2, 0) is 4.74 Å². The molecule has 1 saturated heterocycles. The van der Waals surface area contributed by atoms with Gasteiger partial charge in [-0.25, -0.2) is 0 Å². The van der Waals surface area contributed by atoms with Gasteiger partial charge < -0.3 is 25.2 Å². The summed E-state index contributed by atoms with van der Waals surface area (Å²) in [5, 5.41) is 25.3. The zero-order chi connectivity index (χ0) is 19.7. The fourth-order valence-corrected chi connectivity index (χ4v) is 6.04. The third-order valence-electron chi connectivity index (χ3n) is 6.88. The maximum absolute atomic E-state index is 10.8. The first-order valence-corrected chi connectivity index (χ1v) is 11.5. The monoisotopic (exact) mass is 410 g/mol. The summed E-state index contributed by atoms with van der Waals surface area (Å²) in [6, 6.07) is -0.370. The summed E-state index contributed by atoms with van der Waals surface area (Å²) in [6.07, 6.45) is 8.44. The highest BCUT2D eigenvalue weighted by molar-refractivity contribution is 7.09. The quantitative estimate of drug-likeness (QED) is 0.664. The summed E-state index contributed by atoms with van der Waals surface area (Å²) in [7, 11) is 3.78. The van der Waals surface area contributed by atoms with Crippen molar-refractivity contribution in [3.8, 4) is 0 Å². The summed E-state index contributed by atoms with van der Waals surface area (Å²) in [5.41, 5.74) is 0. The lowest BCUT2D eigenvalue weighted by atomic mass is 9.86. The molecule has 0 amide bonds. The number of ether oxygens (including phenoxy) is 1. The molecule has 1 aliphatic heterocycles. The highest BCUT2D eigenvalue weighted by Gasteiger charge is 2.44. The summed E-state index contributed by atoms with van der Waals surface area (Å²) >= 11 is 1.25. The lowest BCUT2D eigenvalue weighted by Crippen LogP contribution is -2.57. The number of hydrogen-bond acceptors (Lipinski definition) is 8. The molecule has 2 unspecified atom stereocenters. The fraction of sp³-hybridized carbons (Fsp3) is 0.900. The van der Waals surface area contributed by atoms with Crippen molar-refractivity contribution in [2.24, 2.45) is 17.8 Å². The van der Waals surface area contributed by atoms with E-state index in [0.717, 1.165) is 24.7 Å². The van der Waals surface area contributed by atoms with E-state index >= 15 is 0 Å². The summed E-state index contributed by atoms with van der Waals surface area (Å²) < 4.78 is 10.3. The molecule has 6 atom stereocenters. The van der Waals surface area contributed by atoms with Crippen LogP contribution in [0.5, 0.6) is 0 Å². The molecule has 2 saturated carbocycles. The van der Waals surface area contributed by atoms with Gasteiger partial charge in [0.15, 0.2) is 0 Å². The van der Waals surface area contributed by atoms with Crippen molar-refractivity contribution < 1.29 is 14.9 Å². The van der Waals surface area contributed by atoms with E-state index < -0.39 is 12.2 Å². The highest BCUT2D eigenvalue weighted by Crippen LogP contribution is 2.42. The van der Waals surface area contributed by atoms with E-state index in [9.17, 15) is 10.2 Å². The standard InChI is InChI=1S/C20H34N4O3S/c1-24(2)19-22-20(28-23-19)21-15-11-27-18(17(26)16(15)25)14-8-7-13(10-14)9-12-5-3-4-6-12/h12-18,25-26H,3-11H2,1-2H3,(H,21,22,23)/t13?,14?,15-,16+,17+,18+/m0/s1. The predicted molar refractivity (Wildman–Crippen MR) is 111 cm³/mol. The van der Waals surface area contributed by atoms with E-state index in [1.807, 2.05) is 19.0 Å². The second-order valence-electron chi connectivity index (χ2n) is 9.15. The highest BCUT2D eigenvalue weighted by atomic mass is 32.1. The number of rotatable bonds is 6. The van der Waals surface area contributed by atoms with Crippen molar-refractivity contribution in [2.45, 2.75) is 75.7 Å². The third-order valence-corrected chi connectivity index (χ3v) is 7.52. The molecule has 8 heteroatoms. The first-order chi connectivity index (χ1) is 13.5. The fourth-order valence-electron chi connectivity index (χ4n) is 5.34. The van der Waals surface area contributed by atoms with E-state index in [-0.39, 0.29) is 12.1 Å². The van der Waals surface area contributed by atoms with Crippen LogP contribution in [0, 0.1) is 17.8 Å². The Bertz CT molecular complexity index is 637. The smallest absolute Gasteiger partial charge is 0.238 e. The zero-order valence-corrected chi connectivity index (χ0v) is 17.8. The van der Waals surface area contributed by atoms with Crippen LogP contribution in [0.2, 0.25) is 0 Å². The van der Waals surface area contributed by atoms with Crippen LogP contribution in [-0.4, -0.2) is 64.6 Å². The third kappa shape index (κ3) is 4.45. The SMILES string of the molecule is CN(C)c1nsc(N[C@H]2CO[C@H](C3CCC(CC4CCCC4)C3)[C@H](O)[C@@H]2O)n1. The topological polar surface area (TPSA) is 90.7 Å². The minimum atomic E-state index is -0.862. The number of nitrogens with one attached hydrogen (secondary N) is 1. The lowest BCUT2D eigenvalue weighted by molar-refractivity contribution is -0.158. The molecule has 1 aromatic heterocycles. The van der Waals surface area contributed by atoms with E-state index in [2.05, 4.69) is 14.7 Å². The van der Waals surface area contributed by atoms with Gasteiger partial charge in [0.25, 0.3) is 0 Å². The number of aliphatic hydroxyl groups excluding tert-OH is 2. The van der Waals surface area contributed by atoms with E-state index in [0.29, 0.717) is 23.6 Å². The first kappa shape index (κ1) is 20.3. The van der Waals surface area contributed by atoms with Gasteiger partial charge in [0.05, 0.1) is 18.8 Å². The van der Waals surface area contributed by atoms with Gasteiger partial charge in [-0.2, -0.15) is 9.36 Å². The van der Waals surface area contributed by atoms with Gasteiger partial charge in [-0.1, -0.05) is 32.1 Å². The van der Waals surface area contributed by atoms with Crippen LogP contribution in [0.4, 0.5) is 11.1 Å². The van der Waals surface area contributed by atoms with Crippen molar-refractivity contribution in [1.82, 2.24) is 9.36 Å². The predicted octanol–water partition coefficient (Wildman–Crippen LogP) is 2.50. The second-order valence-corrected chi connectivity index (χ2v) is 9.90. The molecule has 0 spiro atoms. The number of hydrogen-bond donors (Lipinski definition) is 3. The molecule has 2 heterocycles. The Labute approximate surface area is 171 Å². The van der Waals surface area contributed by atoms with E-state index in [1.54, 1.807) is 0 Å². The maximum Gasteiger partial charge on any atom is 0.238 e. The number of aliphatic hydroxyl groups is 2. The number of anilines is 2. The molecule has 0 aromatic carbocycles. The molecule has 3 N–H and O–H groups in total. The number of nitrogens with zero attached hydrogens (tertiary/aromatic N) is 3. The zero-order valence-electron chi connectivity index (χ0n) is 17.0. The molecular formula is C20H34N4O3S. The molecular weight excluding hydrogens is 376 g/mol. The van der Waals surface area contributed by atoms with E-state index in [4.69, 9.17) is 4.74 Å². The van der Waals surface area contributed by atoms with Crippen molar-refractivity contribution in [2.75, 3.05) is 30.9 Å². The van der Waals surface area contributed by atoms with E-state index in [1.165, 1.54) is 50.1 Å². The van der Waals surface area contributed by atoms with Gasteiger partial charge in [-0.15, -0.1) is 0 Å². The van der Waals surface area contributed by atoms with Crippen LogP contribution >= 0.6 is 11.5 Å². The molecule has 3 fully saturated rings. The molecule has 158 valence electrons. The lowest BCUT2D eigenvalue weighted by Gasteiger charge is -2.40. The van der Waals surface area contributed by atoms with Crippen molar-refractivity contribution in [1.29, 1.82) is 0 Å². The molecule has 28 heavy (non-hydrogen) atoms. The Morgan fingerprint density at radius 3 is 2.61 bits per heavy atom. The van der Waals surface area contributed by atoms with Crippen molar-refractivity contribution >= 4 is 22.6 Å². The van der Waals surface area contributed by atoms with Crippen LogP contribution in [0.25, 0.3) is 0 Å². The molecule has 0 radical (unpaired) electrons. The molecule has 3 aliphatic rings. The largest absolute Gasteiger partial charge is 0.388 e. The van der Waals surface area contributed by atoms with Gasteiger partial charge in [0, 0.05) is 25.6 Å². The molecule has 4 rings (SSSR count). The summed E-state index contributed by atoms with van der Waals surface area (Å²) in [6.45, 7) is 0.379. The van der Waals surface area contributed by atoms with Gasteiger partial charge >= 0.3 is 0 Å². The van der Waals surface area contributed by atoms with Crippen molar-refractivity contribution in [3.63, 3.8) is 0 Å². The Hall–Kier alpha value is -0.960. The second kappa shape index (κ2) is 8.81. The Morgan fingerprint density at radius 1 is 1.11 bits per heavy atom. The molecule has 2 aliphatic carbocycles. The summed E-state index contributed by atoms with van der Waals surface area (Å²) in [5.74, 6) is 2.68. The molecule has 7 nitrogen and oxygen atoms in total. The minimum Gasteiger partial charge on any atom is -0.388 e. The van der Waals surface area contributed by atoms with Crippen LogP contribution in [0.15, 0.2) is 0 Å². The Morgan fingerprint density at radius 2 is 1.89 bits per heavy atom. The Balaban J connectivity index is 1.29. The summed E-state index contributed by atoms with van der Waals surface area (Å²) in [4.78, 5) is 6.23. The average molecular weight is 411 g/mol. The minimum absolute atomic E-state index is 0.256. The molecule has 0 bridgehead atoms. The maximum atomic E-state index is 10.8. The van der Waals surface area contributed by atoms with Crippen LogP contribution in [0.3, 0.4) is 0 Å². The van der Waals surface area contributed by atoms with Gasteiger partial charge in [0.1, 0.15) is 12.2 Å².